The molecule has 2 atom stereocenters. The lowest BCUT2D eigenvalue weighted by molar-refractivity contribution is -0.156. The third-order valence-electron chi connectivity index (χ3n) is 11.6. The van der Waals surface area contributed by atoms with Crippen molar-refractivity contribution >= 4 is 24.1 Å². The first-order valence-corrected chi connectivity index (χ1v) is 22.1. The van der Waals surface area contributed by atoms with Crippen LogP contribution in [0.3, 0.4) is 0 Å². The lowest BCUT2D eigenvalue weighted by Crippen LogP contribution is -2.49. The zero-order valence-electron chi connectivity index (χ0n) is 40.2. The molecule has 16 nitrogen and oxygen atoms in total. The number of aliphatic carboxylic acids is 1. The molecule has 0 radical (unpaired) electrons. The molecule has 4 heterocycles. The molecule has 2 aromatic carbocycles. The van der Waals surface area contributed by atoms with Gasteiger partial charge in [0.25, 0.3) is 5.91 Å². The molecule has 0 saturated carbocycles. The SMILES string of the molecule is COc1ccc(C)nc1COc1ccc2c(c1)CCN(C(=O)OC(C)(C)C(=O)O)[C@H]2C(C)C.COc1ccc(C)nc1COc1ccc2c(c1)CCN(C(=O)OC(C)(C)C(N)=O)[C@H]2C(C)C. The molecule has 0 aliphatic carbocycles. The molecule has 4 aromatic rings. The van der Waals surface area contributed by atoms with Gasteiger partial charge in [0.15, 0.2) is 5.60 Å². The molecule has 0 bridgehead atoms. The summed E-state index contributed by atoms with van der Waals surface area (Å²) < 4.78 is 33.5. The molecular formula is C50H65N5O11. The second-order valence-corrected chi connectivity index (χ2v) is 18.2. The van der Waals surface area contributed by atoms with Gasteiger partial charge in [0.2, 0.25) is 5.60 Å². The highest BCUT2D eigenvalue weighted by atomic mass is 16.6. The maximum atomic E-state index is 12.9. The predicted octanol–water partition coefficient (Wildman–Crippen LogP) is 8.47. The number of pyridine rings is 2. The third kappa shape index (κ3) is 12.0. The second-order valence-electron chi connectivity index (χ2n) is 18.2. The van der Waals surface area contributed by atoms with Gasteiger partial charge in [0.05, 0.1) is 26.3 Å². The van der Waals surface area contributed by atoms with Crippen molar-refractivity contribution in [3.05, 3.63) is 106 Å². The monoisotopic (exact) mass is 911 g/mol. The van der Waals surface area contributed by atoms with E-state index in [4.69, 9.17) is 34.2 Å². The van der Waals surface area contributed by atoms with Crippen molar-refractivity contribution < 1.29 is 52.7 Å². The molecule has 0 unspecified atom stereocenters. The van der Waals surface area contributed by atoms with Crippen LogP contribution in [0.5, 0.6) is 23.0 Å². The molecule has 2 aliphatic rings. The van der Waals surface area contributed by atoms with Crippen LogP contribution < -0.4 is 24.7 Å². The van der Waals surface area contributed by atoms with E-state index >= 15 is 0 Å². The number of carbonyl (C=O) groups is 4. The summed E-state index contributed by atoms with van der Waals surface area (Å²) in [6, 6.07) is 18.9. The number of hydrogen-bond acceptors (Lipinski definition) is 12. The summed E-state index contributed by atoms with van der Waals surface area (Å²) in [4.78, 5) is 61.1. The van der Waals surface area contributed by atoms with Crippen molar-refractivity contribution in [2.75, 3.05) is 27.3 Å². The van der Waals surface area contributed by atoms with Crippen molar-refractivity contribution in [3.8, 4) is 23.0 Å². The summed E-state index contributed by atoms with van der Waals surface area (Å²) in [6.45, 7) is 19.2. The molecule has 2 aromatic heterocycles. The number of rotatable bonds is 14. The van der Waals surface area contributed by atoms with Crippen LogP contribution in [0.1, 0.15) is 113 Å². The molecule has 356 valence electrons. The summed E-state index contributed by atoms with van der Waals surface area (Å²) in [5, 5.41) is 9.31. The number of carboxylic acid groups (broad SMARTS) is 1. The summed E-state index contributed by atoms with van der Waals surface area (Å²) in [5.41, 5.74) is 9.92. The number of nitrogens with zero attached hydrogens (tertiary/aromatic N) is 4. The summed E-state index contributed by atoms with van der Waals surface area (Å²) in [5.74, 6) is 1.19. The number of nitrogens with two attached hydrogens (primary N) is 1. The van der Waals surface area contributed by atoms with Crippen LogP contribution in [0.2, 0.25) is 0 Å². The van der Waals surface area contributed by atoms with Gasteiger partial charge in [-0.25, -0.2) is 14.4 Å². The normalized spacial score (nSPS) is 15.7. The van der Waals surface area contributed by atoms with E-state index in [0.29, 0.717) is 43.2 Å². The number of carboxylic acids is 1. The molecule has 6 rings (SSSR count). The minimum absolute atomic E-state index is 0.108. The Morgan fingerprint density at radius 3 is 1.41 bits per heavy atom. The van der Waals surface area contributed by atoms with Gasteiger partial charge < -0.3 is 49.1 Å². The number of hydrogen-bond donors (Lipinski definition) is 2. The first-order valence-electron chi connectivity index (χ1n) is 22.1. The van der Waals surface area contributed by atoms with Crippen LogP contribution in [0.4, 0.5) is 9.59 Å². The quantitative estimate of drug-likeness (QED) is 0.122. The summed E-state index contributed by atoms with van der Waals surface area (Å²) in [6.07, 6.45) is 0.101. The summed E-state index contributed by atoms with van der Waals surface area (Å²) >= 11 is 0. The number of aromatic nitrogens is 2. The highest BCUT2D eigenvalue weighted by molar-refractivity contribution is 5.85. The fraction of sp³-hybridized carbons (Fsp3) is 0.480. The van der Waals surface area contributed by atoms with Gasteiger partial charge in [-0.1, -0.05) is 39.8 Å². The number of amides is 3. The van der Waals surface area contributed by atoms with Crippen LogP contribution in [-0.4, -0.2) is 87.4 Å². The van der Waals surface area contributed by atoms with E-state index in [-0.39, 0.29) is 37.1 Å². The van der Waals surface area contributed by atoms with Gasteiger partial charge in [-0.2, -0.15) is 0 Å². The highest BCUT2D eigenvalue weighted by Gasteiger charge is 2.40. The maximum absolute atomic E-state index is 12.9. The average molecular weight is 912 g/mol. The minimum atomic E-state index is -1.60. The van der Waals surface area contributed by atoms with E-state index in [1.54, 1.807) is 24.0 Å². The molecule has 0 spiro atoms. The fourth-order valence-electron chi connectivity index (χ4n) is 8.02. The van der Waals surface area contributed by atoms with Crippen molar-refractivity contribution in [3.63, 3.8) is 0 Å². The highest BCUT2D eigenvalue weighted by Crippen LogP contribution is 2.39. The number of ether oxygens (including phenoxy) is 6. The Hall–Kier alpha value is -6.58. The molecule has 0 saturated heterocycles. The molecule has 3 amide bonds. The van der Waals surface area contributed by atoms with Crippen LogP contribution in [0.25, 0.3) is 0 Å². The van der Waals surface area contributed by atoms with Crippen molar-refractivity contribution in [2.45, 2.75) is 119 Å². The predicted molar refractivity (Wildman–Crippen MR) is 247 cm³/mol. The van der Waals surface area contributed by atoms with Crippen molar-refractivity contribution in [1.29, 1.82) is 0 Å². The van der Waals surface area contributed by atoms with E-state index in [0.717, 1.165) is 50.8 Å². The Bertz CT molecular complexity index is 2230. The third-order valence-corrected chi connectivity index (χ3v) is 11.6. The largest absolute Gasteiger partial charge is 0.495 e. The second kappa shape index (κ2) is 21.2. The lowest BCUT2D eigenvalue weighted by Gasteiger charge is -2.40. The number of benzene rings is 2. The number of carbonyl (C=O) groups excluding carboxylic acids is 3. The molecule has 2 aliphatic heterocycles. The van der Waals surface area contributed by atoms with Gasteiger partial charge in [-0.15, -0.1) is 0 Å². The Labute approximate surface area is 387 Å². The number of fused-ring (bicyclic) bond motifs is 2. The molecular weight excluding hydrogens is 847 g/mol. The molecule has 66 heavy (non-hydrogen) atoms. The first-order chi connectivity index (χ1) is 31.1. The van der Waals surface area contributed by atoms with Crippen LogP contribution in [0, 0.1) is 25.7 Å². The van der Waals surface area contributed by atoms with Crippen LogP contribution in [-0.2, 0) is 45.1 Å². The standard InChI is InChI=1S/C25H33N3O5.C25H32N2O6/c1-15(2)22-19-9-8-18(32-14-20-21(31-6)10-7-16(3)27-20)13-17(19)11-12-28(22)24(30)33-25(4,5)23(26)29;1-15(2)22-19-9-8-18(32-14-20-21(31-6)10-7-16(3)26-20)13-17(19)11-12-27(22)24(30)33-25(4,5)23(28)29/h7-10,13,15,22H,11-12,14H2,1-6H3,(H2,26,29);7-10,13,15,22H,11-12,14H2,1-6H3,(H,28,29)/t2*22-/m00/s1. The minimum Gasteiger partial charge on any atom is -0.495 e. The van der Waals surface area contributed by atoms with Gasteiger partial charge >= 0.3 is 18.2 Å². The zero-order valence-corrected chi connectivity index (χ0v) is 40.2. The Morgan fingerprint density at radius 1 is 0.667 bits per heavy atom. The molecule has 0 fully saturated rings. The van der Waals surface area contributed by atoms with E-state index in [9.17, 15) is 24.3 Å². The number of aryl methyl sites for hydroxylation is 2. The molecule has 16 heteroatoms. The van der Waals surface area contributed by atoms with Gasteiger partial charge in [-0.05, 0) is 137 Å². The topological polar surface area (TPSA) is 202 Å². The zero-order chi connectivity index (χ0) is 48.7. The molecule has 3 N–H and O–H groups in total. The van der Waals surface area contributed by atoms with E-state index < -0.39 is 35.3 Å². The Morgan fingerprint density at radius 2 is 1.06 bits per heavy atom. The van der Waals surface area contributed by atoms with E-state index in [2.05, 4.69) is 23.8 Å². The fourth-order valence-corrected chi connectivity index (χ4v) is 8.02. The van der Waals surface area contributed by atoms with Crippen LogP contribution in [0.15, 0.2) is 60.7 Å². The van der Waals surface area contributed by atoms with Crippen molar-refractivity contribution in [1.82, 2.24) is 19.8 Å². The Kier molecular flexibility index (Phi) is 16.2. The van der Waals surface area contributed by atoms with Crippen LogP contribution >= 0.6 is 0 Å². The maximum Gasteiger partial charge on any atom is 0.411 e. The van der Waals surface area contributed by atoms with Crippen molar-refractivity contribution in [2.24, 2.45) is 17.6 Å². The Balaban J connectivity index is 0.000000247. The van der Waals surface area contributed by atoms with E-state index in [1.807, 2.05) is 88.4 Å². The summed E-state index contributed by atoms with van der Waals surface area (Å²) in [7, 11) is 3.22. The lowest BCUT2D eigenvalue weighted by atomic mass is 9.86. The number of primary amides is 1. The van der Waals surface area contributed by atoms with E-state index in [1.165, 1.54) is 27.7 Å². The van der Waals surface area contributed by atoms with Gasteiger partial charge in [0, 0.05) is 24.5 Å². The average Bonchev–Trinajstić information content (AvgIpc) is 3.26. The smallest absolute Gasteiger partial charge is 0.411 e. The number of methoxy groups -OCH3 is 2. The van der Waals surface area contributed by atoms with Gasteiger partial charge in [0.1, 0.15) is 47.6 Å². The van der Waals surface area contributed by atoms with Gasteiger partial charge in [-0.3, -0.25) is 14.8 Å². The first kappa shape index (κ1) is 50.4.